The van der Waals surface area contributed by atoms with E-state index in [4.69, 9.17) is 9.47 Å². The van der Waals surface area contributed by atoms with Crippen molar-refractivity contribution in [1.29, 1.82) is 0 Å². The van der Waals surface area contributed by atoms with Gasteiger partial charge in [0.05, 0.1) is 24.6 Å². The largest absolute Gasteiger partial charge is 0.494 e. The number of nitrogens with zero attached hydrogens (tertiary/aromatic N) is 2. The molecule has 0 bridgehead atoms. The molecule has 5 heteroatoms. The average molecular weight is 535 g/mol. The second-order valence-corrected chi connectivity index (χ2v) is 10.5. The smallest absolute Gasteiger partial charge is 0.333 e. The van der Waals surface area contributed by atoms with Crippen LogP contribution in [0.3, 0.4) is 0 Å². The van der Waals surface area contributed by atoms with Gasteiger partial charge in [-0.25, -0.2) is 4.79 Å². The lowest BCUT2D eigenvalue weighted by Crippen LogP contribution is -2.05. The van der Waals surface area contributed by atoms with Gasteiger partial charge in [-0.1, -0.05) is 96.3 Å². The number of rotatable bonds is 22. The van der Waals surface area contributed by atoms with Crippen LogP contribution in [0.4, 0.5) is 11.4 Å². The third-order valence-electron chi connectivity index (χ3n) is 6.76. The Bertz CT molecular complexity index is 951. The molecule has 2 aromatic carbocycles. The fourth-order valence-electron chi connectivity index (χ4n) is 4.28. The number of ether oxygens (including phenoxy) is 2. The summed E-state index contributed by atoms with van der Waals surface area (Å²) in [6, 6.07) is 16.2. The molecule has 0 atom stereocenters. The van der Waals surface area contributed by atoms with Crippen LogP contribution < -0.4 is 4.74 Å². The van der Waals surface area contributed by atoms with Crippen molar-refractivity contribution in [2.45, 2.75) is 110 Å². The Morgan fingerprint density at radius 3 is 1.62 bits per heavy atom. The van der Waals surface area contributed by atoms with Gasteiger partial charge in [0.15, 0.2) is 0 Å². The maximum Gasteiger partial charge on any atom is 0.333 e. The highest BCUT2D eigenvalue weighted by Gasteiger charge is 2.02. The molecule has 0 heterocycles. The number of hydrogen-bond donors (Lipinski definition) is 0. The van der Waals surface area contributed by atoms with E-state index in [1.54, 1.807) is 6.92 Å². The molecule has 0 aliphatic rings. The number of carbonyl (C=O) groups is 1. The summed E-state index contributed by atoms with van der Waals surface area (Å²) in [7, 11) is 0. The number of benzene rings is 2. The van der Waals surface area contributed by atoms with E-state index in [2.05, 4.69) is 35.9 Å². The van der Waals surface area contributed by atoms with Gasteiger partial charge in [0, 0.05) is 5.57 Å². The van der Waals surface area contributed by atoms with Crippen LogP contribution in [-0.2, 0) is 16.0 Å². The molecular weight excluding hydrogens is 484 g/mol. The zero-order valence-electron chi connectivity index (χ0n) is 24.5. The van der Waals surface area contributed by atoms with Gasteiger partial charge in [0.25, 0.3) is 0 Å². The summed E-state index contributed by atoms with van der Waals surface area (Å²) in [6.07, 6.45) is 18.4. The van der Waals surface area contributed by atoms with Crippen molar-refractivity contribution >= 4 is 17.3 Å². The van der Waals surface area contributed by atoms with Gasteiger partial charge in [0.1, 0.15) is 5.75 Å². The predicted molar refractivity (Wildman–Crippen MR) is 162 cm³/mol. The molecule has 0 aromatic heterocycles. The van der Waals surface area contributed by atoms with Crippen LogP contribution in [0.2, 0.25) is 0 Å². The van der Waals surface area contributed by atoms with Crippen LogP contribution >= 0.6 is 0 Å². The Labute approximate surface area is 237 Å². The monoisotopic (exact) mass is 534 g/mol. The lowest BCUT2D eigenvalue weighted by atomic mass is 10.1. The fourth-order valence-corrected chi connectivity index (χ4v) is 4.28. The minimum absolute atomic E-state index is 0.271. The summed E-state index contributed by atoms with van der Waals surface area (Å²) in [5, 5.41) is 8.70. The third-order valence-corrected chi connectivity index (χ3v) is 6.76. The molecule has 0 saturated heterocycles. The highest BCUT2D eigenvalue weighted by Crippen LogP contribution is 2.22. The van der Waals surface area contributed by atoms with Crippen LogP contribution in [0.25, 0.3) is 0 Å². The summed E-state index contributed by atoms with van der Waals surface area (Å²) in [4.78, 5) is 11.3. The van der Waals surface area contributed by atoms with Crippen molar-refractivity contribution in [2.75, 3.05) is 13.2 Å². The maximum atomic E-state index is 11.3. The number of carbonyl (C=O) groups excluding carboxylic acids is 1. The Morgan fingerprint density at radius 1 is 0.667 bits per heavy atom. The first-order chi connectivity index (χ1) is 19.1. The van der Waals surface area contributed by atoms with E-state index in [0.717, 1.165) is 49.4 Å². The molecule has 0 N–H and O–H groups in total. The Balaban J connectivity index is 1.41. The number of esters is 1. The summed E-state index contributed by atoms with van der Waals surface area (Å²) < 4.78 is 11.0. The van der Waals surface area contributed by atoms with E-state index in [0.29, 0.717) is 12.2 Å². The molecular formula is C34H50N2O3. The molecule has 0 fully saturated rings. The van der Waals surface area contributed by atoms with Crippen LogP contribution in [0.1, 0.15) is 109 Å². The molecule has 0 spiro atoms. The molecule has 0 amide bonds. The van der Waals surface area contributed by atoms with Crippen LogP contribution in [-0.4, -0.2) is 19.2 Å². The molecule has 0 radical (unpaired) electrons. The SMILES string of the molecule is C=C(C)C(=O)OCCCCCCCCCCCCCCOc1ccc(N=Nc2ccc(CCCC)cc2)cc1. The zero-order valence-corrected chi connectivity index (χ0v) is 24.5. The lowest BCUT2D eigenvalue weighted by molar-refractivity contribution is -0.139. The summed E-state index contributed by atoms with van der Waals surface area (Å²) >= 11 is 0. The van der Waals surface area contributed by atoms with Crippen LogP contribution in [0.5, 0.6) is 5.75 Å². The van der Waals surface area contributed by atoms with E-state index in [9.17, 15) is 4.79 Å². The van der Waals surface area contributed by atoms with Crippen molar-refractivity contribution in [3.8, 4) is 5.75 Å². The van der Waals surface area contributed by atoms with Gasteiger partial charge < -0.3 is 9.47 Å². The predicted octanol–water partition coefficient (Wildman–Crippen LogP) is 10.6. The first-order valence-corrected chi connectivity index (χ1v) is 15.1. The zero-order chi connectivity index (χ0) is 28.0. The average Bonchev–Trinajstić information content (AvgIpc) is 2.95. The standard InChI is InChI=1S/C34H50N2O3/c1-4-5-18-30-19-21-31(22-20-30)35-36-32-23-25-33(26-24-32)38-27-16-14-12-10-8-6-7-9-11-13-15-17-28-39-34(37)29(2)3/h19-26H,2,4-18,27-28H2,1,3H3. The van der Waals surface area contributed by atoms with E-state index in [1.165, 1.54) is 76.2 Å². The lowest BCUT2D eigenvalue weighted by Gasteiger charge is -2.06. The highest BCUT2D eigenvalue weighted by atomic mass is 16.5. The quantitative estimate of drug-likeness (QED) is 0.0653. The van der Waals surface area contributed by atoms with Crippen molar-refractivity contribution < 1.29 is 14.3 Å². The fraction of sp³-hybridized carbons (Fsp3) is 0.559. The normalized spacial score (nSPS) is 11.1. The van der Waals surface area contributed by atoms with Crippen LogP contribution in [0.15, 0.2) is 70.9 Å². The molecule has 0 aliphatic heterocycles. The molecule has 2 aromatic rings. The molecule has 214 valence electrons. The van der Waals surface area contributed by atoms with E-state index in [-0.39, 0.29) is 5.97 Å². The van der Waals surface area contributed by atoms with E-state index < -0.39 is 0 Å². The number of unbranched alkanes of at least 4 members (excludes halogenated alkanes) is 12. The van der Waals surface area contributed by atoms with Gasteiger partial charge in [-0.2, -0.15) is 10.2 Å². The van der Waals surface area contributed by atoms with Gasteiger partial charge in [-0.15, -0.1) is 0 Å². The summed E-state index contributed by atoms with van der Waals surface area (Å²) in [6.45, 7) is 8.77. The number of hydrogen-bond acceptors (Lipinski definition) is 5. The Morgan fingerprint density at radius 2 is 1.13 bits per heavy atom. The Hall–Kier alpha value is -2.95. The van der Waals surface area contributed by atoms with Gasteiger partial charge in [0.2, 0.25) is 0 Å². The van der Waals surface area contributed by atoms with Crippen molar-refractivity contribution in [3.05, 3.63) is 66.2 Å². The molecule has 0 aliphatic carbocycles. The molecule has 2 rings (SSSR count). The first kappa shape index (κ1) is 32.3. The molecule has 0 saturated carbocycles. The van der Waals surface area contributed by atoms with Crippen LogP contribution in [0, 0.1) is 0 Å². The summed E-state index contributed by atoms with van der Waals surface area (Å²) in [5.74, 6) is 0.619. The minimum Gasteiger partial charge on any atom is -0.494 e. The maximum absolute atomic E-state index is 11.3. The second-order valence-electron chi connectivity index (χ2n) is 10.5. The topological polar surface area (TPSA) is 60.2 Å². The number of aryl methyl sites for hydroxylation is 1. The van der Waals surface area contributed by atoms with Crippen molar-refractivity contribution in [1.82, 2.24) is 0 Å². The molecule has 0 unspecified atom stereocenters. The number of azo groups is 1. The summed E-state index contributed by atoms with van der Waals surface area (Å²) in [5.41, 5.74) is 3.54. The van der Waals surface area contributed by atoms with Crippen molar-refractivity contribution in [2.24, 2.45) is 10.2 Å². The molecule has 39 heavy (non-hydrogen) atoms. The van der Waals surface area contributed by atoms with E-state index in [1.807, 2.05) is 36.4 Å². The van der Waals surface area contributed by atoms with Crippen molar-refractivity contribution in [3.63, 3.8) is 0 Å². The highest BCUT2D eigenvalue weighted by molar-refractivity contribution is 5.86. The van der Waals surface area contributed by atoms with Gasteiger partial charge in [-0.05, 0) is 74.6 Å². The van der Waals surface area contributed by atoms with E-state index >= 15 is 0 Å². The third kappa shape index (κ3) is 15.9. The van der Waals surface area contributed by atoms with Gasteiger partial charge >= 0.3 is 5.97 Å². The molecule has 5 nitrogen and oxygen atoms in total. The Kier molecular flexibility index (Phi) is 17.3. The van der Waals surface area contributed by atoms with Gasteiger partial charge in [-0.3, -0.25) is 0 Å². The first-order valence-electron chi connectivity index (χ1n) is 15.1. The minimum atomic E-state index is -0.271. The second kappa shape index (κ2) is 20.9.